The Labute approximate surface area is 187 Å². The first kappa shape index (κ1) is 20.5. The van der Waals surface area contributed by atoms with Gasteiger partial charge < -0.3 is 11.1 Å². The number of aromatic nitrogens is 3. The number of anilines is 1. The number of nitrogens with two attached hydrogens (primary N) is 1. The summed E-state index contributed by atoms with van der Waals surface area (Å²) in [5.74, 6) is 0.841. The summed E-state index contributed by atoms with van der Waals surface area (Å²) in [6.45, 7) is 5.46. The van der Waals surface area contributed by atoms with Crippen molar-refractivity contribution in [1.82, 2.24) is 19.5 Å². The summed E-state index contributed by atoms with van der Waals surface area (Å²) in [5, 5.41) is 12.2. The number of hydrogen-bond donors (Lipinski definition) is 2. The standard InChI is InChI=1S/C25H28N6O/c1-2-23-28-29-24-21(27-25(26)32)15-20-14-19(10-11-22(20)31(23)24)18-8-6-17(7-9-18)16-30-12-4-3-5-13-30/h6-11,14-15H,2-5,12-13,16H2,1H3,(H3,26,27,32). The van der Waals surface area contributed by atoms with Gasteiger partial charge in [0.15, 0.2) is 5.65 Å². The van der Waals surface area contributed by atoms with Gasteiger partial charge in [0.1, 0.15) is 5.82 Å². The fourth-order valence-corrected chi connectivity index (χ4v) is 4.65. The zero-order chi connectivity index (χ0) is 22.1. The molecule has 3 heterocycles. The molecule has 32 heavy (non-hydrogen) atoms. The number of primary amides is 1. The van der Waals surface area contributed by atoms with Crippen LogP contribution in [-0.2, 0) is 13.0 Å². The highest BCUT2D eigenvalue weighted by atomic mass is 16.2. The van der Waals surface area contributed by atoms with Crippen LogP contribution in [0.2, 0.25) is 0 Å². The number of urea groups is 1. The van der Waals surface area contributed by atoms with Crippen molar-refractivity contribution in [3.05, 3.63) is 59.9 Å². The number of piperidine rings is 1. The van der Waals surface area contributed by atoms with Crippen LogP contribution in [0.25, 0.3) is 27.7 Å². The van der Waals surface area contributed by atoms with E-state index in [-0.39, 0.29) is 0 Å². The molecule has 7 heteroatoms. The highest BCUT2D eigenvalue weighted by molar-refractivity contribution is 5.98. The van der Waals surface area contributed by atoms with Crippen molar-refractivity contribution in [2.45, 2.75) is 39.2 Å². The minimum Gasteiger partial charge on any atom is -0.351 e. The van der Waals surface area contributed by atoms with Gasteiger partial charge in [-0.1, -0.05) is 43.7 Å². The molecule has 3 N–H and O–H groups in total. The summed E-state index contributed by atoms with van der Waals surface area (Å²) in [7, 11) is 0. The van der Waals surface area contributed by atoms with E-state index in [1.54, 1.807) is 0 Å². The zero-order valence-electron chi connectivity index (χ0n) is 18.3. The molecule has 1 fully saturated rings. The molecule has 7 nitrogen and oxygen atoms in total. The molecule has 0 atom stereocenters. The molecule has 0 unspecified atom stereocenters. The molecule has 5 rings (SSSR count). The van der Waals surface area contributed by atoms with Crippen LogP contribution in [0.3, 0.4) is 0 Å². The van der Waals surface area contributed by atoms with Gasteiger partial charge in [-0.05, 0) is 60.8 Å². The van der Waals surface area contributed by atoms with Crippen molar-refractivity contribution in [2.24, 2.45) is 5.73 Å². The normalized spacial score (nSPS) is 14.8. The summed E-state index contributed by atoms with van der Waals surface area (Å²) in [4.78, 5) is 14.1. The van der Waals surface area contributed by atoms with Crippen molar-refractivity contribution in [1.29, 1.82) is 0 Å². The van der Waals surface area contributed by atoms with Gasteiger partial charge in [-0.2, -0.15) is 0 Å². The number of aryl methyl sites for hydroxylation is 1. The lowest BCUT2D eigenvalue weighted by molar-refractivity contribution is 0.221. The third-order valence-electron chi connectivity index (χ3n) is 6.26. The van der Waals surface area contributed by atoms with Crippen LogP contribution >= 0.6 is 0 Å². The molecule has 2 aromatic heterocycles. The zero-order valence-corrected chi connectivity index (χ0v) is 18.3. The molecule has 164 valence electrons. The van der Waals surface area contributed by atoms with Crippen molar-refractivity contribution in [3.63, 3.8) is 0 Å². The van der Waals surface area contributed by atoms with E-state index in [0.29, 0.717) is 11.3 Å². The smallest absolute Gasteiger partial charge is 0.316 e. The van der Waals surface area contributed by atoms with Crippen LogP contribution in [0.5, 0.6) is 0 Å². The Hall–Kier alpha value is -3.45. The number of nitrogens with zero attached hydrogens (tertiary/aromatic N) is 4. The first-order chi connectivity index (χ1) is 15.6. The number of benzene rings is 2. The predicted octanol–water partition coefficient (Wildman–Crippen LogP) is 4.59. The van der Waals surface area contributed by atoms with Crippen molar-refractivity contribution in [3.8, 4) is 11.1 Å². The number of hydrogen-bond acceptors (Lipinski definition) is 4. The largest absolute Gasteiger partial charge is 0.351 e. The van der Waals surface area contributed by atoms with Gasteiger partial charge in [0.2, 0.25) is 0 Å². The van der Waals surface area contributed by atoms with Crippen molar-refractivity contribution >= 4 is 28.3 Å². The SMILES string of the molecule is CCc1nnc2c(NC(N)=O)cc3cc(-c4ccc(CN5CCCCC5)cc4)ccc3n12. The Morgan fingerprint density at radius 1 is 1.00 bits per heavy atom. The van der Waals surface area contributed by atoms with Gasteiger partial charge in [0.25, 0.3) is 0 Å². The van der Waals surface area contributed by atoms with Crippen LogP contribution in [0.4, 0.5) is 10.5 Å². The van der Waals surface area contributed by atoms with Crippen LogP contribution in [0, 0.1) is 0 Å². The topological polar surface area (TPSA) is 88.5 Å². The Balaban J connectivity index is 1.51. The monoisotopic (exact) mass is 428 g/mol. The molecule has 0 aliphatic carbocycles. The van der Waals surface area contributed by atoms with Crippen molar-refractivity contribution in [2.75, 3.05) is 18.4 Å². The number of amides is 2. The van der Waals surface area contributed by atoms with Crippen LogP contribution in [0.15, 0.2) is 48.5 Å². The second kappa shape index (κ2) is 8.59. The van der Waals surface area contributed by atoms with E-state index in [1.807, 2.05) is 17.4 Å². The van der Waals surface area contributed by atoms with Gasteiger partial charge in [-0.3, -0.25) is 9.30 Å². The number of fused-ring (bicyclic) bond motifs is 3. The number of carbonyl (C=O) groups excluding carboxylic acids is 1. The fraction of sp³-hybridized carbons (Fsp3) is 0.320. The number of carbonyl (C=O) groups is 1. The van der Waals surface area contributed by atoms with Crippen molar-refractivity contribution < 1.29 is 4.79 Å². The molecule has 1 aliphatic rings. The molecule has 4 aromatic rings. The van der Waals surface area contributed by atoms with Gasteiger partial charge in [-0.25, -0.2) is 4.79 Å². The lowest BCUT2D eigenvalue weighted by atomic mass is 10.0. The third kappa shape index (κ3) is 3.91. The molecule has 0 radical (unpaired) electrons. The van der Waals surface area contributed by atoms with Gasteiger partial charge in [-0.15, -0.1) is 10.2 Å². The summed E-state index contributed by atoms with van der Waals surface area (Å²) in [6.07, 6.45) is 4.70. The summed E-state index contributed by atoms with van der Waals surface area (Å²) in [5.41, 5.74) is 11.2. The molecule has 0 spiro atoms. The molecule has 1 saturated heterocycles. The van der Waals surface area contributed by atoms with Crippen LogP contribution < -0.4 is 11.1 Å². The summed E-state index contributed by atoms with van der Waals surface area (Å²) in [6, 6.07) is 16.5. The maximum absolute atomic E-state index is 11.5. The molecule has 0 bridgehead atoms. The van der Waals surface area contributed by atoms with Gasteiger partial charge in [0, 0.05) is 18.4 Å². The molecular formula is C25H28N6O. The minimum absolute atomic E-state index is 0.561. The Morgan fingerprint density at radius 2 is 1.75 bits per heavy atom. The number of rotatable bonds is 5. The number of pyridine rings is 1. The highest BCUT2D eigenvalue weighted by Gasteiger charge is 2.15. The Morgan fingerprint density at radius 3 is 2.47 bits per heavy atom. The first-order valence-corrected chi connectivity index (χ1v) is 11.3. The first-order valence-electron chi connectivity index (χ1n) is 11.3. The third-order valence-corrected chi connectivity index (χ3v) is 6.26. The summed E-state index contributed by atoms with van der Waals surface area (Å²) >= 11 is 0. The molecule has 0 saturated carbocycles. The van der Waals surface area contributed by atoms with E-state index in [9.17, 15) is 4.79 Å². The second-order valence-electron chi connectivity index (χ2n) is 8.48. The van der Waals surface area contributed by atoms with Gasteiger partial charge in [0.05, 0.1) is 11.2 Å². The fourth-order valence-electron chi connectivity index (χ4n) is 4.65. The lowest BCUT2D eigenvalue weighted by Crippen LogP contribution is -2.28. The molecule has 2 amide bonds. The average Bonchev–Trinajstić information content (AvgIpc) is 3.24. The van der Waals surface area contributed by atoms with E-state index in [1.165, 1.54) is 43.5 Å². The molecule has 2 aromatic carbocycles. The number of likely N-dealkylation sites (tertiary alicyclic amines) is 1. The molecule has 1 aliphatic heterocycles. The van der Waals surface area contributed by atoms with E-state index in [2.05, 4.69) is 62.9 Å². The van der Waals surface area contributed by atoms with Gasteiger partial charge >= 0.3 is 6.03 Å². The van der Waals surface area contributed by atoms with E-state index in [0.717, 1.165) is 35.3 Å². The van der Waals surface area contributed by atoms with Crippen LogP contribution in [-0.4, -0.2) is 38.6 Å². The average molecular weight is 429 g/mol. The molecular weight excluding hydrogens is 400 g/mol. The van der Waals surface area contributed by atoms with E-state index in [4.69, 9.17) is 5.73 Å². The number of nitrogens with one attached hydrogen (secondary N) is 1. The quantitative estimate of drug-likeness (QED) is 0.487. The van der Waals surface area contributed by atoms with Crippen LogP contribution in [0.1, 0.15) is 37.6 Å². The Bertz CT molecular complexity index is 1270. The minimum atomic E-state index is -0.618. The predicted molar refractivity (Wildman–Crippen MR) is 128 cm³/mol. The van der Waals surface area contributed by atoms with E-state index < -0.39 is 6.03 Å². The second-order valence-corrected chi connectivity index (χ2v) is 8.48. The Kier molecular flexibility index (Phi) is 5.49. The van der Waals surface area contributed by atoms with E-state index >= 15 is 0 Å². The summed E-state index contributed by atoms with van der Waals surface area (Å²) < 4.78 is 1.99. The highest BCUT2D eigenvalue weighted by Crippen LogP contribution is 2.30. The maximum atomic E-state index is 11.5. The maximum Gasteiger partial charge on any atom is 0.316 e. The lowest BCUT2D eigenvalue weighted by Gasteiger charge is -2.26.